The number of halogens is 3. The number of sulfonamides is 1. The molecule has 0 aromatic heterocycles. The maximum atomic E-state index is 11.6. The van der Waals surface area contributed by atoms with Gasteiger partial charge in [0.25, 0.3) is 0 Å². The molecule has 78 valence electrons. The Labute approximate surface area is 74.7 Å². The van der Waals surface area contributed by atoms with Crippen LogP contribution in [0, 0.1) is 0 Å². The molecule has 0 spiro atoms. The van der Waals surface area contributed by atoms with Gasteiger partial charge in [-0.25, -0.2) is 13.1 Å². The van der Waals surface area contributed by atoms with Gasteiger partial charge in [0.15, 0.2) is 0 Å². The molecule has 0 atom stereocenters. The molecule has 0 heterocycles. The van der Waals surface area contributed by atoms with E-state index < -0.39 is 22.7 Å². The van der Waals surface area contributed by atoms with Gasteiger partial charge in [0, 0.05) is 0 Å². The molecule has 0 aliphatic heterocycles. The molecule has 0 bridgehead atoms. The zero-order valence-electron chi connectivity index (χ0n) is 6.98. The van der Waals surface area contributed by atoms with Gasteiger partial charge in [-0.05, 0) is 6.42 Å². The third-order valence-corrected chi connectivity index (χ3v) is 2.81. The van der Waals surface area contributed by atoms with E-state index in [1.165, 1.54) is 11.6 Å². The van der Waals surface area contributed by atoms with Gasteiger partial charge >= 0.3 is 6.18 Å². The minimum absolute atomic E-state index is 0.0905. The average Bonchev–Trinajstić information content (AvgIpc) is 1.98. The summed E-state index contributed by atoms with van der Waals surface area (Å²) >= 11 is 0. The van der Waals surface area contributed by atoms with Crippen LogP contribution in [0.15, 0.2) is 11.5 Å². The highest BCUT2D eigenvalue weighted by Crippen LogP contribution is 2.14. The lowest BCUT2D eigenvalue weighted by molar-refractivity contribution is -0.121. The average molecular weight is 217 g/mol. The second kappa shape index (κ2) is 4.10. The Bertz CT molecular complexity index is 281. The minimum atomic E-state index is -4.54. The normalized spacial score (nSPS) is 12.9. The molecule has 0 aromatic carbocycles. The molecular weight excluding hydrogens is 207 g/mol. The summed E-state index contributed by atoms with van der Waals surface area (Å²) in [6.07, 6.45) is -4.45. The van der Waals surface area contributed by atoms with Crippen LogP contribution in [0.4, 0.5) is 13.2 Å². The number of hydrogen-bond donors (Lipinski definition) is 1. The molecule has 0 rings (SSSR count). The smallest absolute Gasteiger partial charge is 0.207 e. The Balaban J connectivity index is 4.30. The van der Waals surface area contributed by atoms with Crippen LogP contribution in [0.1, 0.15) is 13.3 Å². The highest BCUT2D eigenvalue weighted by Gasteiger charge is 2.29. The van der Waals surface area contributed by atoms with Crippen LogP contribution in [-0.4, -0.2) is 21.1 Å². The third-order valence-electron chi connectivity index (χ3n) is 1.24. The van der Waals surface area contributed by atoms with Crippen molar-refractivity contribution in [2.24, 2.45) is 0 Å². The van der Waals surface area contributed by atoms with E-state index in [9.17, 15) is 21.6 Å². The Morgan fingerprint density at radius 3 is 2.23 bits per heavy atom. The van der Waals surface area contributed by atoms with E-state index in [2.05, 4.69) is 6.58 Å². The first-order chi connectivity index (χ1) is 5.69. The Kier molecular flexibility index (Phi) is 3.92. The summed E-state index contributed by atoms with van der Waals surface area (Å²) in [6.45, 7) is 3.06. The fourth-order valence-corrected chi connectivity index (χ4v) is 1.41. The van der Waals surface area contributed by atoms with Crippen LogP contribution in [0.2, 0.25) is 0 Å². The van der Waals surface area contributed by atoms with Crippen molar-refractivity contribution in [2.75, 3.05) is 6.54 Å². The zero-order chi connectivity index (χ0) is 10.7. The maximum absolute atomic E-state index is 11.6. The van der Waals surface area contributed by atoms with Gasteiger partial charge in [-0.2, -0.15) is 13.2 Å². The predicted molar refractivity (Wildman–Crippen MR) is 42.4 cm³/mol. The molecule has 0 radical (unpaired) electrons. The number of nitrogens with one attached hydrogen (secondary N) is 1. The Morgan fingerprint density at radius 1 is 1.46 bits per heavy atom. The van der Waals surface area contributed by atoms with E-state index in [1.54, 1.807) is 0 Å². The zero-order valence-corrected chi connectivity index (χ0v) is 7.80. The van der Waals surface area contributed by atoms with Crippen molar-refractivity contribution in [1.29, 1.82) is 0 Å². The molecule has 0 aliphatic rings. The van der Waals surface area contributed by atoms with Crippen LogP contribution in [-0.2, 0) is 10.0 Å². The molecule has 0 amide bonds. The van der Waals surface area contributed by atoms with E-state index >= 15 is 0 Å². The van der Waals surface area contributed by atoms with Crippen molar-refractivity contribution in [3.8, 4) is 0 Å². The topological polar surface area (TPSA) is 46.2 Å². The van der Waals surface area contributed by atoms with E-state index in [0.29, 0.717) is 0 Å². The standard InChI is InChI=1S/C6H10F3NO2S/c1-3-5(2)13(11,12)10-4-6(7,8)9/h10H,2-4H2,1H3. The van der Waals surface area contributed by atoms with Crippen molar-refractivity contribution in [3.05, 3.63) is 11.5 Å². The first-order valence-electron chi connectivity index (χ1n) is 3.43. The van der Waals surface area contributed by atoms with E-state index in [4.69, 9.17) is 0 Å². The fraction of sp³-hybridized carbons (Fsp3) is 0.667. The highest BCUT2D eigenvalue weighted by atomic mass is 32.2. The van der Waals surface area contributed by atoms with Crippen LogP contribution < -0.4 is 4.72 Å². The molecule has 1 N–H and O–H groups in total. The van der Waals surface area contributed by atoms with Crippen molar-refractivity contribution < 1.29 is 21.6 Å². The Hall–Kier alpha value is -0.560. The lowest BCUT2D eigenvalue weighted by Gasteiger charge is -2.09. The summed E-state index contributed by atoms with van der Waals surface area (Å²) in [5.41, 5.74) is 0. The molecule has 3 nitrogen and oxygen atoms in total. The summed E-state index contributed by atoms with van der Waals surface area (Å²) in [5.74, 6) is 0. The summed E-state index contributed by atoms with van der Waals surface area (Å²) in [7, 11) is -4.01. The molecule has 0 unspecified atom stereocenters. The van der Waals surface area contributed by atoms with Gasteiger partial charge in [0.1, 0.15) is 6.54 Å². The number of hydrogen-bond acceptors (Lipinski definition) is 2. The summed E-state index contributed by atoms with van der Waals surface area (Å²) < 4.78 is 58.0. The number of rotatable bonds is 4. The number of allylic oxidation sites excluding steroid dienone is 1. The summed E-state index contributed by atoms with van der Waals surface area (Å²) in [5, 5.41) is 0. The largest absolute Gasteiger partial charge is 0.402 e. The molecule has 0 saturated heterocycles. The molecule has 7 heteroatoms. The van der Waals surface area contributed by atoms with Crippen molar-refractivity contribution in [2.45, 2.75) is 19.5 Å². The van der Waals surface area contributed by atoms with E-state index in [-0.39, 0.29) is 11.3 Å². The second-order valence-corrected chi connectivity index (χ2v) is 4.20. The van der Waals surface area contributed by atoms with Crippen LogP contribution in [0.3, 0.4) is 0 Å². The van der Waals surface area contributed by atoms with Gasteiger partial charge in [-0.15, -0.1) is 0 Å². The first-order valence-corrected chi connectivity index (χ1v) is 4.91. The molecule has 0 aromatic rings. The first kappa shape index (κ1) is 12.4. The van der Waals surface area contributed by atoms with Crippen molar-refractivity contribution in [1.82, 2.24) is 4.72 Å². The van der Waals surface area contributed by atoms with Crippen LogP contribution in [0.5, 0.6) is 0 Å². The molecule has 0 aliphatic carbocycles. The van der Waals surface area contributed by atoms with Gasteiger partial charge < -0.3 is 0 Å². The SMILES string of the molecule is C=C(CC)S(=O)(=O)NCC(F)(F)F. The highest BCUT2D eigenvalue weighted by molar-refractivity contribution is 7.93. The summed E-state index contributed by atoms with van der Waals surface area (Å²) in [6, 6.07) is 0. The van der Waals surface area contributed by atoms with E-state index in [0.717, 1.165) is 0 Å². The third kappa shape index (κ3) is 4.89. The lowest BCUT2D eigenvalue weighted by Crippen LogP contribution is -2.34. The monoisotopic (exact) mass is 217 g/mol. The minimum Gasteiger partial charge on any atom is -0.207 e. The predicted octanol–water partition coefficient (Wildman–Crippen LogP) is 1.39. The van der Waals surface area contributed by atoms with Crippen LogP contribution >= 0.6 is 0 Å². The van der Waals surface area contributed by atoms with Crippen LogP contribution in [0.25, 0.3) is 0 Å². The van der Waals surface area contributed by atoms with E-state index in [1.807, 2.05) is 0 Å². The van der Waals surface area contributed by atoms with Gasteiger partial charge in [-0.1, -0.05) is 13.5 Å². The van der Waals surface area contributed by atoms with Crippen molar-refractivity contribution >= 4 is 10.0 Å². The quantitative estimate of drug-likeness (QED) is 0.773. The number of alkyl halides is 3. The lowest BCUT2D eigenvalue weighted by atomic mass is 10.5. The van der Waals surface area contributed by atoms with Gasteiger partial charge in [0.05, 0.1) is 4.91 Å². The molecule has 0 fully saturated rings. The fourth-order valence-electron chi connectivity index (χ4n) is 0.469. The summed E-state index contributed by atoms with van der Waals surface area (Å²) in [4.78, 5) is -0.253. The molecular formula is C6H10F3NO2S. The van der Waals surface area contributed by atoms with Gasteiger partial charge in [0.2, 0.25) is 10.0 Å². The Morgan fingerprint density at radius 2 is 1.92 bits per heavy atom. The second-order valence-electron chi connectivity index (χ2n) is 2.33. The van der Waals surface area contributed by atoms with Gasteiger partial charge in [-0.3, -0.25) is 0 Å². The maximum Gasteiger partial charge on any atom is 0.402 e. The van der Waals surface area contributed by atoms with Crippen molar-refractivity contribution in [3.63, 3.8) is 0 Å². The molecule has 13 heavy (non-hydrogen) atoms. The molecule has 0 saturated carbocycles.